The zero-order valence-electron chi connectivity index (χ0n) is 16.1. The first kappa shape index (κ1) is 17.9. The smallest absolute Gasteiger partial charge is 0.133 e. The van der Waals surface area contributed by atoms with Crippen molar-refractivity contribution in [2.24, 2.45) is 7.05 Å². The first-order chi connectivity index (χ1) is 13.5. The minimum absolute atomic E-state index is 0.246. The Hall–Kier alpha value is -3.47. The highest BCUT2D eigenvalue weighted by Gasteiger charge is 2.06. The van der Waals surface area contributed by atoms with E-state index in [2.05, 4.69) is 35.1 Å². The molecule has 4 aromatic rings. The van der Waals surface area contributed by atoms with Crippen LogP contribution in [0.5, 0.6) is 0 Å². The Labute approximate surface area is 163 Å². The molecule has 2 aromatic carbocycles. The van der Waals surface area contributed by atoms with Crippen molar-refractivity contribution < 1.29 is 4.39 Å². The van der Waals surface area contributed by atoms with Gasteiger partial charge in [0.2, 0.25) is 0 Å². The van der Waals surface area contributed by atoms with Crippen molar-refractivity contribution in [3.8, 4) is 16.9 Å². The molecule has 0 atom stereocenters. The number of benzene rings is 2. The number of rotatable bonds is 4. The Balaban J connectivity index is 1.57. The lowest BCUT2D eigenvalue weighted by molar-refractivity contribution is 0.628. The van der Waals surface area contributed by atoms with E-state index in [1.807, 2.05) is 54.0 Å². The third-order valence-corrected chi connectivity index (χ3v) is 4.69. The van der Waals surface area contributed by atoms with Gasteiger partial charge in [-0.2, -0.15) is 0 Å². The molecule has 0 aliphatic rings. The van der Waals surface area contributed by atoms with Crippen molar-refractivity contribution in [2.45, 2.75) is 13.8 Å². The molecule has 0 N–H and O–H groups in total. The van der Waals surface area contributed by atoms with Crippen LogP contribution in [0, 0.1) is 19.7 Å². The third-order valence-electron chi connectivity index (χ3n) is 4.69. The predicted molar refractivity (Wildman–Crippen MR) is 111 cm³/mol. The summed E-state index contributed by atoms with van der Waals surface area (Å²) in [5.41, 5.74) is 6.11. The maximum Gasteiger partial charge on any atom is 0.133 e. The Morgan fingerprint density at radius 1 is 0.964 bits per heavy atom. The van der Waals surface area contributed by atoms with E-state index in [1.165, 1.54) is 17.7 Å². The van der Waals surface area contributed by atoms with Crippen LogP contribution in [0.25, 0.3) is 29.1 Å². The molecule has 28 heavy (non-hydrogen) atoms. The van der Waals surface area contributed by atoms with Gasteiger partial charge in [-0.15, -0.1) is 0 Å². The zero-order valence-corrected chi connectivity index (χ0v) is 16.1. The molecule has 0 spiro atoms. The summed E-state index contributed by atoms with van der Waals surface area (Å²) >= 11 is 0. The van der Waals surface area contributed by atoms with E-state index < -0.39 is 0 Å². The summed E-state index contributed by atoms with van der Waals surface area (Å²) in [4.78, 5) is 8.95. The minimum atomic E-state index is -0.246. The summed E-state index contributed by atoms with van der Waals surface area (Å²) in [6.07, 6.45) is 9.83. The molecular weight excluding hydrogens is 351 g/mol. The van der Waals surface area contributed by atoms with Crippen molar-refractivity contribution in [2.75, 3.05) is 0 Å². The molecule has 2 aromatic heterocycles. The molecule has 0 amide bonds. The van der Waals surface area contributed by atoms with E-state index >= 15 is 0 Å². The van der Waals surface area contributed by atoms with E-state index in [0.29, 0.717) is 0 Å². The van der Waals surface area contributed by atoms with Gasteiger partial charge in [-0.1, -0.05) is 12.1 Å². The molecule has 5 heteroatoms. The van der Waals surface area contributed by atoms with Crippen LogP contribution < -0.4 is 0 Å². The first-order valence-corrected chi connectivity index (χ1v) is 9.08. The quantitative estimate of drug-likeness (QED) is 0.494. The minimum Gasteiger partial charge on any atom is -0.334 e. The summed E-state index contributed by atoms with van der Waals surface area (Å²) in [5.74, 6) is 0.593. The van der Waals surface area contributed by atoms with Gasteiger partial charge in [0.25, 0.3) is 0 Å². The van der Waals surface area contributed by atoms with Gasteiger partial charge >= 0.3 is 0 Å². The summed E-state index contributed by atoms with van der Waals surface area (Å²) in [6.45, 7) is 4.07. The van der Waals surface area contributed by atoms with Crippen LogP contribution in [0.15, 0.2) is 61.2 Å². The Bertz CT molecular complexity index is 1150. The number of aryl methyl sites for hydroxylation is 3. The molecule has 4 nitrogen and oxygen atoms in total. The summed E-state index contributed by atoms with van der Waals surface area (Å²) in [5, 5.41) is 0. The number of hydrogen-bond acceptors (Lipinski definition) is 2. The lowest BCUT2D eigenvalue weighted by atomic mass is 10.1. The maximum atomic E-state index is 13.1. The lowest BCUT2D eigenvalue weighted by Gasteiger charge is -2.07. The van der Waals surface area contributed by atoms with Crippen LogP contribution in [0.4, 0.5) is 4.39 Å². The highest BCUT2D eigenvalue weighted by atomic mass is 19.1. The number of hydrogen-bond donors (Lipinski definition) is 0. The van der Waals surface area contributed by atoms with E-state index in [-0.39, 0.29) is 5.82 Å². The molecular formula is C23H21FN4. The van der Waals surface area contributed by atoms with Crippen molar-refractivity contribution in [3.63, 3.8) is 0 Å². The number of nitrogens with zero attached hydrogens (tertiary/aromatic N) is 4. The normalized spacial score (nSPS) is 11.4. The molecule has 140 valence electrons. The number of halogens is 1. The zero-order chi connectivity index (χ0) is 19.7. The fourth-order valence-electron chi connectivity index (χ4n) is 3.19. The van der Waals surface area contributed by atoms with Crippen LogP contribution >= 0.6 is 0 Å². The average Bonchev–Trinajstić information content (AvgIpc) is 3.26. The summed E-state index contributed by atoms with van der Waals surface area (Å²) in [7, 11) is 1.95. The molecule has 0 radical (unpaired) electrons. The Morgan fingerprint density at radius 3 is 2.43 bits per heavy atom. The summed E-state index contributed by atoms with van der Waals surface area (Å²) in [6, 6.07) is 12.7. The fourth-order valence-corrected chi connectivity index (χ4v) is 3.19. The molecule has 0 aliphatic heterocycles. The molecule has 0 saturated heterocycles. The fraction of sp³-hybridized carbons (Fsp3) is 0.130. The highest BCUT2D eigenvalue weighted by molar-refractivity contribution is 5.70. The largest absolute Gasteiger partial charge is 0.334 e. The number of aromatic nitrogens is 4. The van der Waals surface area contributed by atoms with Gasteiger partial charge < -0.3 is 9.13 Å². The number of imidazole rings is 2. The molecule has 0 saturated carbocycles. The van der Waals surface area contributed by atoms with Crippen molar-refractivity contribution in [3.05, 3.63) is 89.6 Å². The van der Waals surface area contributed by atoms with Crippen LogP contribution in [-0.2, 0) is 7.05 Å². The van der Waals surface area contributed by atoms with Gasteiger partial charge in [0.05, 0.1) is 17.7 Å². The molecule has 0 unspecified atom stereocenters. The van der Waals surface area contributed by atoms with E-state index in [9.17, 15) is 4.39 Å². The van der Waals surface area contributed by atoms with Crippen molar-refractivity contribution in [1.82, 2.24) is 19.1 Å². The van der Waals surface area contributed by atoms with E-state index in [0.717, 1.165) is 34.0 Å². The first-order valence-electron chi connectivity index (χ1n) is 9.08. The van der Waals surface area contributed by atoms with Gasteiger partial charge in [-0.05, 0) is 67.4 Å². The maximum absolute atomic E-state index is 13.1. The standard InChI is InChI=1S/C23H21FN4/c1-16-12-18(4-10-22(16)28-13-17(2)25-15-28)5-11-23-26-21(14-27(23)3)19-6-8-20(24)9-7-19/h4-15H,1-3H3/b11-5+. The second-order valence-corrected chi connectivity index (χ2v) is 6.90. The van der Waals surface area contributed by atoms with Crippen LogP contribution in [-0.4, -0.2) is 19.1 Å². The third kappa shape index (κ3) is 3.64. The Morgan fingerprint density at radius 2 is 1.75 bits per heavy atom. The molecule has 0 aliphatic carbocycles. The van der Waals surface area contributed by atoms with Crippen molar-refractivity contribution >= 4 is 12.2 Å². The highest BCUT2D eigenvalue weighted by Crippen LogP contribution is 2.21. The van der Waals surface area contributed by atoms with Gasteiger partial charge in [-0.3, -0.25) is 0 Å². The Kier molecular flexibility index (Phi) is 4.65. The average molecular weight is 372 g/mol. The molecule has 2 heterocycles. The van der Waals surface area contributed by atoms with Crippen molar-refractivity contribution in [1.29, 1.82) is 0 Å². The lowest BCUT2D eigenvalue weighted by Crippen LogP contribution is -1.94. The van der Waals surface area contributed by atoms with Gasteiger partial charge in [0, 0.05) is 30.7 Å². The molecule has 4 rings (SSSR count). The monoisotopic (exact) mass is 372 g/mol. The van der Waals surface area contributed by atoms with Crippen LogP contribution in [0.3, 0.4) is 0 Å². The SMILES string of the molecule is Cc1cn(-c2ccc(/C=C/c3nc(-c4ccc(F)cc4)cn3C)cc2C)cn1. The van der Waals surface area contributed by atoms with E-state index in [4.69, 9.17) is 0 Å². The van der Waals surface area contributed by atoms with E-state index in [1.54, 1.807) is 12.1 Å². The molecule has 0 fully saturated rings. The summed E-state index contributed by atoms with van der Waals surface area (Å²) < 4.78 is 17.1. The van der Waals surface area contributed by atoms with Gasteiger partial charge in [0.15, 0.2) is 0 Å². The van der Waals surface area contributed by atoms with Gasteiger partial charge in [0.1, 0.15) is 11.6 Å². The predicted octanol–water partition coefficient (Wildman–Crippen LogP) is 5.20. The van der Waals surface area contributed by atoms with Gasteiger partial charge in [-0.25, -0.2) is 14.4 Å². The van der Waals surface area contributed by atoms with Crippen LogP contribution in [0.2, 0.25) is 0 Å². The second-order valence-electron chi connectivity index (χ2n) is 6.90. The van der Waals surface area contributed by atoms with Crippen LogP contribution in [0.1, 0.15) is 22.6 Å². The molecule has 0 bridgehead atoms. The second kappa shape index (κ2) is 7.27. The topological polar surface area (TPSA) is 35.6 Å².